The SMILES string of the molecule is Cc1ccc2c(c1)CN(C1CCN(C)CC1)CC(c1ccsc1)O2. The summed E-state index contributed by atoms with van der Waals surface area (Å²) in [5, 5.41) is 4.39. The lowest BCUT2D eigenvalue weighted by Crippen LogP contribution is -2.44. The van der Waals surface area contributed by atoms with Gasteiger partial charge >= 0.3 is 0 Å². The second kappa shape index (κ2) is 6.87. The van der Waals surface area contributed by atoms with Gasteiger partial charge in [-0.3, -0.25) is 4.90 Å². The van der Waals surface area contributed by atoms with Gasteiger partial charge in [-0.1, -0.05) is 17.7 Å². The van der Waals surface area contributed by atoms with E-state index in [1.54, 1.807) is 11.3 Å². The second-order valence-electron chi connectivity index (χ2n) is 7.24. The number of hydrogen-bond acceptors (Lipinski definition) is 4. The third-order valence-electron chi connectivity index (χ3n) is 5.38. The van der Waals surface area contributed by atoms with Crippen LogP contribution in [0.5, 0.6) is 5.75 Å². The average molecular weight is 343 g/mol. The fraction of sp³-hybridized carbons (Fsp3) is 0.500. The van der Waals surface area contributed by atoms with Crippen LogP contribution in [0.1, 0.15) is 35.6 Å². The van der Waals surface area contributed by atoms with Gasteiger partial charge in [0.15, 0.2) is 0 Å². The van der Waals surface area contributed by atoms with Gasteiger partial charge in [-0.25, -0.2) is 0 Å². The van der Waals surface area contributed by atoms with Crippen molar-refractivity contribution in [3.8, 4) is 5.75 Å². The standard InChI is InChI=1S/C20H26N2OS/c1-15-3-4-19-17(11-15)12-22(18-5-8-21(2)9-6-18)13-20(23-19)16-7-10-24-14-16/h3-4,7,10-11,14,18,20H,5-6,8-9,12-13H2,1-2H3. The van der Waals surface area contributed by atoms with Gasteiger partial charge in [0.2, 0.25) is 0 Å². The lowest BCUT2D eigenvalue weighted by molar-refractivity contribution is 0.0797. The molecule has 2 aliphatic rings. The average Bonchev–Trinajstić information content (AvgIpc) is 3.04. The molecule has 0 saturated carbocycles. The number of nitrogens with zero attached hydrogens (tertiary/aromatic N) is 2. The Kier molecular flexibility index (Phi) is 4.61. The van der Waals surface area contributed by atoms with Crippen molar-refractivity contribution in [1.29, 1.82) is 0 Å². The molecule has 0 amide bonds. The molecule has 128 valence electrons. The Morgan fingerprint density at radius 1 is 1.17 bits per heavy atom. The molecule has 1 aromatic heterocycles. The molecule has 0 N–H and O–H groups in total. The van der Waals surface area contributed by atoms with Crippen molar-refractivity contribution >= 4 is 11.3 Å². The van der Waals surface area contributed by atoms with E-state index in [9.17, 15) is 0 Å². The van der Waals surface area contributed by atoms with Crippen molar-refractivity contribution in [2.24, 2.45) is 0 Å². The van der Waals surface area contributed by atoms with Crippen molar-refractivity contribution in [2.75, 3.05) is 26.7 Å². The molecule has 2 aliphatic heterocycles. The first-order valence-corrected chi connectivity index (χ1v) is 9.84. The van der Waals surface area contributed by atoms with Crippen molar-refractivity contribution < 1.29 is 4.74 Å². The van der Waals surface area contributed by atoms with E-state index in [0.29, 0.717) is 6.04 Å². The minimum Gasteiger partial charge on any atom is -0.484 e. The van der Waals surface area contributed by atoms with Crippen LogP contribution in [-0.2, 0) is 6.54 Å². The summed E-state index contributed by atoms with van der Waals surface area (Å²) in [6, 6.07) is 9.49. The van der Waals surface area contributed by atoms with Gasteiger partial charge in [-0.05, 0) is 62.8 Å². The van der Waals surface area contributed by atoms with Gasteiger partial charge in [0, 0.05) is 30.3 Å². The maximum absolute atomic E-state index is 6.45. The van der Waals surface area contributed by atoms with Crippen LogP contribution in [0.3, 0.4) is 0 Å². The molecule has 4 heteroatoms. The van der Waals surface area contributed by atoms with Gasteiger partial charge in [0.25, 0.3) is 0 Å². The molecular formula is C20H26N2OS. The number of thiophene rings is 1. The number of likely N-dealkylation sites (tertiary alicyclic amines) is 1. The molecular weight excluding hydrogens is 316 g/mol. The van der Waals surface area contributed by atoms with Crippen LogP contribution < -0.4 is 4.74 Å². The summed E-state index contributed by atoms with van der Waals surface area (Å²) in [6.07, 6.45) is 2.65. The molecule has 24 heavy (non-hydrogen) atoms. The number of aryl methyl sites for hydroxylation is 1. The summed E-state index contributed by atoms with van der Waals surface area (Å²) >= 11 is 1.76. The molecule has 0 radical (unpaired) electrons. The molecule has 2 aromatic rings. The Balaban J connectivity index is 1.63. The molecule has 1 atom stereocenters. The monoisotopic (exact) mass is 342 g/mol. The maximum Gasteiger partial charge on any atom is 0.137 e. The largest absolute Gasteiger partial charge is 0.484 e. The van der Waals surface area contributed by atoms with Crippen molar-refractivity contribution in [1.82, 2.24) is 9.80 Å². The van der Waals surface area contributed by atoms with E-state index < -0.39 is 0 Å². The fourth-order valence-corrected chi connectivity index (χ4v) is 4.61. The summed E-state index contributed by atoms with van der Waals surface area (Å²) in [7, 11) is 2.23. The Morgan fingerprint density at radius 3 is 2.75 bits per heavy atom. The highest BCUT2D eigenvalue weighted by Crippen LogP contribution is 2.34. The minimum atomic E-state index is 0.139. The summed E-state index contributed by atoms with van der Waals surface area (Å²) in [6.45, 7) is 6.56. The van der Waals surface area contributed by atoms with Crippen LogP contribution in [-0.4, -0.2) is 42.5 Å². The first-order chi connectivity index (χ1) is 11.7. The first-order valence-electron chi connectivity index (χ1n) is 8.90. The molecule has 1 saturated heterocycles. The van der Waals surface area contributed by atoms with Crippen LogP contribution in [0.15, 0.2) is 35.0 Å². The van der Waals surface area contributed by atoms with E-state index in [4.69, 9.17) is 4.74 Å². The Hall–Kier alpha value is -1.36. The molecule has 3 heterocycles. The lowest BCUT2D eigenvalue weighted by atomic mass is 10.0. The molecule has 1 unspecified atom stereocenters. The van der Waals surface area contributed by atoms with Crippen molar-refractivity contribution in [3.63, 3.8) is 0 Å². The van der Waals surface area contributed by atoms with E-state index in [1.807, 2.05) is 0 Å². The normalized spacial score (nSPS) is 23.5. The smallest absolute Gasteiger partial charge is 0.137 e. The molecule has 3 nitrogen and oxygen atoms in total. The topological polar surface area (TPSA) is 15.7 Å². The third-order valence-corrected chi connectivity index (χ3v) is 6.08. The third kappa shape index (κ3) is 3.37. The lowest BCUT2D eigenvalue weighted by Gasteiger charge is -2.37. The minimum absolute atomic E-state index is 0.139. The number of ether oxygens (including phenoxy) is 1. The van der Waals surface area contributed by atoms with Gasteiger partial charge in [-0.15, -0.1) is 0 Å². The Bertz CT molecular complexity index is 677. The van der Waals surface area contributed by atoms with Crippen LogP contribution in [0.4, 0.5) is 0 Å². The summed E-state index contributed by atoms with van der Waals surface area (Å²) in [4.78, 5) is 5.11. The van der Waals surface area contributed by atoms with E-state index in [0.717, 1.165) is 18.8 Å². The molecule has 1 fully saturated rings. The maximum atomic E-state index is 6.45. The first kappa shape index (κ1) is 16.1. The highest BCUT2D eigenvalue weighted by atomic mass is 32.1. The highest BCUT2D eigenvalue weighted by Gasteiger charge is 2.30. The predicted molar refractivity (Wildman–Crippen MR) is 99.8 cm³/mol. The van der Waals surface area contributed by atoms with Crippen LogP contribution in [0.2, 0.25) is 0 Å². The number of hydrogen-bond donors (Lipinski definition) is 0. The summed E-state index contributed by atoms with van der Waals surface area (Å²) < 4.78 is 6.45. The number of piperidine rings is 1. The second-order valence-corrected chi connectivity index (χ2v) is 8.02. The van der Waals surface area contributed by atoms with Crippen LogP contribution >= 0.6 is 11.3 Å². The predicted octanol–water partition coefficient (Wildman–Crippen LogP) is 4.09. The Labute approximate surface area is 148 Å². The van der Waals surface area contributed by atoms with Gasteiger partial charge in [0.1, 0.15) is 11.9 Å². The zero-order valence-electron chi connectivity index (χ0n) is 14.6. The van der Waals surface area contributed by atoms with E-state index >= 15 is 0 Å². The molecule has 4 rings (SSSR count). The van der Waals surface area contributed by atoms with Crippen molar-refractivity contribution in [2.45, 2.75) is 38.5 Å². The van der Waals surface area contributed by atoms with E-state index in [-0.39, 0.29) is 6.10 Å². The zero-order chi connectivity index (χ0) is 16.5. The van der Waals surface area contributed by atoms with Gasteiger partial charge in [0.05, 0.1) is 0 Å². The van der Waals surface area contributed by atoms with Gasteiger partial charge in [-0.2, -0.15) is 11.3 Å². The molecule has 0 bridgehead atoms. The van der Waals surface area contributed by atoms with E-state index in [1.165, 1.54) is 42.6 Å². The van der Waals surface area contributed by atoms with Crippen LogP contribution in [0, 0.1) is 6.92 Å². The van der Waals surface area contributed by atoms with Gasteiger partial charge < -0.3 is 9.64 Å². The van der Waals surface area contributed by atoms with Crippen LogP contribution in [0.25, 0.3) is 0 Å². The fourth-order valence-electron chi connectivity index (χ4n) is 3.90. The number of rotatable bonds is 2. The number of fused-ring (bicyclic) bond motifs is 1. The summed E-state index contributed by atoms with van der Waals surface area (Å²) in [5.41, 5.74) is 3.97. The van der Waals surface area contributed by atoms with E-state index in [2.05, 4.69) is 58.8 Å². The van der Waals surface area contributed by atoms with Crippen molar-refractivity contribution in [3.05, 3.63) is 51.7 Å². The molecule has 0 spiro atoms. The number of benzene rings is 1. The summed E-state index contributed by atoms with van der Waals surface area (Å²) in [5.74, 6) is 1.06. The quantitative estimate of drug-likeness (QED) is 0.818. The highest BCUT2D eigenvalue weighted by molar-refractivity contribution is 7.07. The zero-order valence-corrected chi connectivity index (χ0v) is 15.4. The Morgan fingerprint density at radius 2 is 2.00 bits per heavy atom. The molecule has 1 aromatic carbocycles. The molecule has 0 aliphatic carbocycles.